The van der Waals surface area contributed by atoms with Crippen molar-refractivity contribution in [3.05, 3.63) is 99.7 Å². The molecule has 274 valence electrons. The van der Waals surface area contributed by atoms with E-state index in [1.54, 1.807) is 18.2 Å². The molecule has 53 heavy (non-hydrogen) atoms. The largest absolute Gasteiger partial charge is 0.481 e. The predicted molar refractivity (Wildman–Crippen MR) is 200 cm³/mol. The Morgan fingerprint density at radius 2 is 1.45 bits per heavy atom. The van der Waals surface area contributed by atoms with Crippen LogP contribution in [0.3, 0.4) is 0 Å². The quantitative estimate of drug-likeness (QED) is 0.166. The van der Waals surface area contributed by atoms with Crippen molar-refractivity contribution in [2.24, 2.45) is 5.92 Å². The highest BCUT2D eigenvalue weighted by molar-refractivity contribution is 6.02. The van der Waals surface area contributed by atoms with Crippen molar-refractivity contribution in [1.82, 2.24) is 19.9 Å². The van der Waals surface area contributed by atoms with Gasteiger partial charge in [-0.3, -0.25) is 19.4 Å². The number of carbonyl (C=O) groups is 4. The van der Waals surface area contributed by atoms with Gasteiger partial charge in [0, 0.05) is 40.5 Å². The van der Waals surface area contributed by atoms with Gasteiger partial charge in [-0.2, -0.15) is 0 Å². The van der Waals surface area contributed by atoms with E-state index in [0.717, 1.165) is 44.4 Å². The second kappa shape index (κ2) is 14.2. The molecule has 2 atom stereocenters. The molecule has 0 radical (unpaired) electrons. The van der Waals surface area contributed by atoms with Gasteiger partial charge >= 0.3 is 23.9 Å². The first kappa shape index (κ1) is 36.7. The molecular weight excluding hydrogens is 676 g/mol. The molecule has 2 aliphatic heterocycles. The number of carbonyl (C=O) groups excluding carboxylic acids is 3. The smallest absolute Gasteiger partial charge is 0.334 e. The molecule has 0 fully saturated rings. The molecule has 3 aromatic heterocycles. The Labute approximate surface area is 306 Å². The number of methoxy groups -OCH3 is 3. The highest BCUT2D eigenvalue weighted by atomic mass is 16.5. The molecule has 0 aromatic carbocycles. The van der Waals surface area contributed by atoms with E-state index in [1.807, 2.05) is 52.0 Å². The fourth-order valence-electron chi connectivity index (χ4n) is 7.69. The minimum atomic E-state index is -1.18. The Kier molecular flexibility index (Phi) is 9.83. The van der Waals surface area contributed by atoms with Gasteiger partial charge in [-0.15, -0.1) is 0 Å². The topological polar surface area (TPSA) is 174 Å². The number of nitrogens with one attached hydrogen (secondary N) is 2. The average Bonchev–Trinajstić information content (AvgIpc) is 3.79. The maximum Gasteiger partial charge on any atom is 0.334 e. The van der Waals surface area contributed by atoms with Crippen LogP contribution in [-0.4, -0.2) is 70.2 Å². The molecular formula is C41H42N4O8. The van der Waals surface area contributed by atoms with Crippen LogP contribution in [0.25, 0.3) is 38.8 Å². The third kappa shape index (κ3) is 6.28. The number of allylic oxidation sites excluding steroid dienone is 6. The number of aryl methyl sites for hydroxylation is 4. The lowest BCUT2D eigenvalue weighted by molar-refractivity contribution is -0.149. The van der Waals surface area contributed by atoms with Crippen LogP contribution in [-0.2, 0) is 51.6 Å². The maximum absolute atomic E-state index is 13.7. The van der Waals surface area contributed by atoms with Crippen LogP contribution in [0.2, 0.25) is 0 Å². The minimum absolute atomic E-state index is 0.110. The number of hydrogen-bond donors (Lipinski definition) is 3. The van der Waals surface area contributed by atoms with Crippen LogP contribution in [0.5, 0.6) is 0 Å². The van der Waals surface area contributed by atoms with E-state index in [1.165, 1.54) is 21.3 Å². The molecule has 0 saturated carbocycles. The van der Waals surface area contributed by atoms with Crippen LogP contribution in [0.15, 0.2) is 54.6 Å². The summed E-state index contributed by atoms with van der Waals surface area (Å²) in [4.78, 5) is 68.1. The second-order valence-electron chi connectivity index (χ2n) is 13.5. The molecule has 1 unspecified atom stereocenters. The number of aliphatic carboxylic acids is 1. The first-order valence-corrected chi connectivity index (χ1v) is 17.2. The van der Waals surface area contributed by atoms with E-state index in [2.05, 4.69) is 16.5 Å². The number of hydrogen-bond acceptors (Lipinski definition) is 9. The monoisotopic (exact) mass is 718 g/mol. The zero-order valence-electron chi connectivity index (χ0n) is 30.9. The summed E-state index contributed by atoms with van der Waals surface area (Å²) in [5.74, 6) is -3.68. The lowest BCUT2D eigenvalue weighted by atomic mass is 9.64. The van der Waals surface area contributed by atoms with Crippen LogP contribution in [0.1, 0.15) is 71.7 Å². The summed E-state index contributed by atoms with van der Waals surface area (Å²) in [5, 5.41) is 9.68. The number of carboxylic acids is 1. The van der Waals surface area contributed by atoms with Crippen LogP contribution in [0, 0.1) is 19.8 Å². The lowest BCUT2D eigenvalue weighted by Crippen LogP contribution is -2.42. The minimum Gasteiger partial charge on any atom is -0.481 e. The second-order valence-corrected chi connectivity index (χ2v) is 13.5. The standard InChI is InChI=1S/C41H42N4O8/c1-9-23-20(2)29-17-34-27-13-10-26(39(49)52-7)38(40(50)53-8)41(27,5)35(45-34)19-30-22(4)24(11-14-36(46)47)32(44-30)18-33-25(12-15-37(48)51-6)21(3)28(43-33)16-31(23)42-29/h9-10,13,16-19,38,43-44H,1,11-12,14-15H2,2-8H3,(H,46,47)/t38?,41-/m1/s1. The molecule has 12 nitrogen and oxygen atoms in total. The Balaban J connectivity index is 1.78. The van der Waals surface area contributed by atoms with Crippen LogP contribution >= 0.6 is 0 Å². The van der Waals surface area contributed by atoms with Gasteiger partial charge in [0.15, 0.2) is 0 Å². The summed E-state index contributed by atoms with van der Waals surface area (Å²) >= 11 is 0. The number of nitrogens with zero attached hydrogens (tertiary/aromatic N) is 2. The molecule has 0 saturated heterocycles. The molecule has 12 heteroatoms. The van der Waals surface area contributed by atoms with E-state index >= 15 is 0 Å². The highest BCUT2D eigenvalue weighted by Crippen LogP contribution is 2.52. The van der Waals surface area contributed by atoms with Crippen LogP contribution < -0.4 is 0 Å². The van der Waals surface area contributed by atoms with E-state index in [0.29, 0.717) is 45.8 Å². The van der Waals surface area contributed by atoms with Gasteiger partial charge < -0.3 is 29.3 Å². The van der Waals surface area contributed by atoms with E-state index in [4.69, 9.17) is 24.2 Å². The van der Waals surface area contributed by atoms with Crippen molar-refractivity contribution in [2.75, 3.05) is 21.3 Å². The van der Waals surface area contributed by atoms with E-state index < -0.39 is 29.2 Å². The summed E-state index contributed by atoms with van der Waals surface area (Å²) in [5.41, 5.74) is 9.92. The number of aromatic amines is 2. The first-order chi connectivity index (χ1) is 25.3. The lowest BCUT2D eigenvalue weighted by Gasteiger charge is -2.36. The number of esters is 3. The van der Waals surface area contributed by atoms with Crippen molar-refractivity contribution < 1.29 is 38.5 Å². The summed E-state index contributed by atoms with van der Waals surface area (Å²) in [6.07, 6.45) is 5.80. The van der Waals surface area contributed by atoms with Crippen molar-refractivity contribution in [3.8, 4) is 0 Å². The number of carboxylic acid groups (broad SMARTS) is 1. The molecule has 0 spiro atoms. The van der Waals surface area contributed by atoms with Gasteiger partial charge in [0.05, 0.1) is 55.1 Å². The Bertz CT molecular complexity index is 2370. The van der Waals surface area contributed by atoms with Gasteiger partial charge in [0.25, 0.3) is 0 Å². The highest BCUT2D eigenvalue weighted by Gasteiger charge is 2.53. The fourth-order valence-corrected chi connectivity index (χ4v) is 7.69. The molecule has 8 bridgehead atoms. The summed E-state index contributed by atoms with van der Waals surface area (Å²) in [6.45, 7) is 11.8. The zero-order valence-corrected chi connectivity index (χ0v) is 30.9. The van der Waals surface area contributed by atoms with Crippen molar-refractivity contribution in [1.29, 1.82) is 0 Å². The van der Waals surface area contributed by atoms with Crippen LogP contribution in [0.4, 0.5) is 0 Å². The molecule has 3 aromatic rings. The molecule has 6 rings (SSSR count). The first-order valence-electron chi connectivity index (χ1n) is 17.2. The molecule has 1 aliphatic carbocycles. The average molecular weight is 719 g/mol. The van der Waals surface area contributed by atoms with E-state index in [9.17, 15) is 24.3 Å². The van der Waals surface area contributed by atoms with Gasteiger partial charge in [-0.05, 0) is 98.2 Å². The summed E-state index contributed by atoms with van der Waals surface area (Å²) in [6, 6.07) is 7.59. The summed E-state index contributed by atoms with van der Waals surface area (Å²) in [7, 11) is 3.89. The number of rotatable bonds is 9. The van der Waals surface area contributed by atoms with Gasteiger partial charge in [0.1, 0.15) is 5.92 Å². The van der Waals surface area contributed by atoms with Gasteiger partial charge in [-0.25, -0.2) is 9.78 Å². The third-order valence-electron chi connectivity index (χ3n) is 10.7. The Morgan fingerprint density at radius 3 is 2.04 bits per heavy atom. The Morgan fingerprint density at radius 1 is 0.811 bits per heavy atom. The van der Waals surface area contributed by atoms with Gasteiger partial charge in [0.2, 0.25) is 0 Å². The number of fused-ring (bicyclic) bond motifs is 11. The normalized spacial score (nSPS) is 17.8. The van der Waals surface area contributed by atoms with Crippen molar-refractivity contribution in [2.45, 2.75) is 58.8 Å². The predicted octanol–water partition coefficient (Wildman–Crippen LogP) is 6.41. The van der Waals surface area contributed by atoms with E-state index in [-0.39, 0.29) is 30.8 Å². The van der Waals surface area contributed by atoms with Gasteiger partial charge in [-0.1, -0.05) is 24.8 Å². The number of H-pyrrole nitrogens is 2. The maximum atomic E-state index is 13.7. The fraction of sp³-hybridized carbons (Fsp3) is 0.317. The zero-order chi connectivity index (χ0) is 38.4. The van der Waals surface area contributed by atoms with Crippen molar-refractivity contribution >= 4 is 62.7 Å². The number of ether oxygens (including phenoxy) is 3. The molecule has 0 amide bonds. The third-order valence-corrected chi connectivity index (χ3v) is 10.7. The Hall–Kier alpha value is -6.04. The van der Waals surface area contributed by atoms with Crippen molar-refractivity contribution in [3.63, 3.8) is 0 Å². The summed E-state index contributed by atoms with van der Waals surface area (Å²) < 4.78 is 15.3. The molecule has 3 N–H and O–H groups in total. The SMILES string of the molecule is C=CC1=C(C)c2cc3nc(cc4[nH]c(cc5[nH]c(cc1n2)c(C)c5CCC(=O)OC)c(CCC(=O)O)c4C)[C@@]1(C)C3=CC=C(C(=O)OC)C1C(=O)OC. The number of aromatic nitrogens is 4. The molecule has 3 aliphatic rings. The molecule has 5 heterocycles.